The number of halogens is 5. The molecule has 0 spiro atoms. The molecule has 8 nitrogen and oxygen atoms in total. The normalized spacial score (nSPS) is 14.0. The zero-order valence-corrected chi connectivity index (χ0v) is 22.8. The number of benzene rings is 1. The first-order valence-electron chi connectivity index (χ1n) is 12.2. The maximum absolute atomic E-state index is 15.9. The Bertz CT molecular complexity index is 1640. The number of aliphatic hydroxyl groups is 1. The molecule has 3 aromatic heterocycles. The van der Waals surface area contributed by atoms with Crippen LogP contribution in [0.5, 0.6) is 0 Å². The van der Waals surface area contributed by atoms with E-state index in [1.54, 1.807) is 25.1 Å². The highest BCUT2D eigenvalue weighted by molar-refractivity contribution is 7.17. The van der Waals surface area contributed by atoms with Gasteiger partial charge in [0.15, 0.2) is 5.60 Å². The summed E-state index contributed by atoms with van der Waals surface area (Å²) < 4.78 is 74.1. The number of thiophene rings is 1. The summed E-state index contributed by atoms with van der Waals surface area (Å²) in [6.45, 7) is 4.16. The number of nitrogens with zero attached hydrogens (tertiary/aromatic N) is 5. The van der Waals surface area contributed by atoms with E-state index in [-0.39, 0.29) is 6.54 Å². The molecule has 1 aromatic carbocycles. The summed E-state index contributed by atoms with van der Waals surface area (Å²) in [4.78, 5) is 17.2. The van der Waals surface area contributed by atoms with Crippen LogP contribution >= 0.6 is 11.3 Å². The van der Waals surface area contributed by atoms with Crippen molar-refractivity contribution in [3.8, 4) is 10.4 Å². The van der Waals surface area contributed by atoms with Crippen molar-refractivity contribution in [3.63, 3.8) is 0 Å². The van der Waals surface area contributed by atoms with Crippen LogP contribution in [0.1, 0.15) is 27.9 Å². The molecular formula is C28H23F5N6O2S. The Balaban J connectivity index is 1.55. The lowest BCUT2D eigenvalue weighted by Crippen LogP contribution is -2.48. The summed E-state index contributed by atoms with van der Waals surface area (Å²) in [6.07, 6.45) is 6.04. The first-order valence-corrected chi connectivity index (χ1v) is 13.0. The molecule has 3 heterocycles. The van der Waals surface area contributed by atoms with E-state index in [0.29, 0.717) is 27.0 Å². The Hall–Kier alpha value is -4.56. The number of pyridine rings is 1. The third-order valence-electron chi connectivity index (χ3n) is 6.13. The molecule has 0 aliphatic rings. The van der Waals surface area contributed by atoms with Crippen LogP contribution in [0.3, 0.4) is 0 Å². The molecule has 0 radical (unpaired) electrons. The number of tetrazole rings is 1. The van der Waals surface area contributed by atoms with E-state index in [9.17, 15) is 23.1 Å². The van der Waals surface area contributed by atoms with Crippen molar-refractivity contribution in [2.45, 2.75) is 25.0 Å². The molecule has 4 aromatic rings. The largest absolute Gasteiger partial charge is 0.377 e. The minimum Gasteiger partial charge on any atom is -0.377 e. The van der Waals surface area contributed by atoms with Crippen LogP contribution in [0.2, 0.25) is 0 Å². The van der Waals surface area contributed by atoms with E-state index in [2.05, 4.69) is 32.4 Å². The van der Waals surface area contributed by atoms with Crippen molar-refractivity contribution in [2.75, 3.05) is 6.54 Å². The van der Waals surface area contributed by atoms with Gasteiger partial charge in [0.2, 0.25) is 0 Å². The minimum absolute atomic E-state index is 0.145. The van der Waals surface area contributed by atoms with Gasteiger partial charge in [-0.15, -0.1) is 16.4 Å². The van der Waals surface area contributed by atoms with Gasteiger partial charge in [0.1, 0.15) is 29.5 Å². The second-order valence-electron chi connectivity index (χ2n) is 9.05. The van der Waals surface area contributed by atoms with Crippen LogP contribution < -0.4 is 5.32 Å². The Labute approximate surface area is 240 Å². The predicted molar refractivity (Wildman–Crippen MR) is 145 cm³/mol. The Morgan fingerprint density at radius 3 is 2.62 bits per heavy atom. The van der Waals surface area contributed by atoms with Gasteiger partial charge in [-0.1, -0.05) is 18.2 Å². The van der Waals surface area contributed by atoms with Gasteiger partial charge in [-0.2, -0.15) is 8.78 Å². The third kappa shape index (κ3) is 6.50. The second-order valence-corrected chi connectivity index (χ2v) is 10.1. The predicted octanol–water partition coefficient (Wildman–Crippen LogP) is 5.47. The number of rotatable bonds is 11. The van der Waals surface area contributed by atoms with Crippen molar-refractivity contribution in [2.24, 2.45) is 0 Å². The fraction of sp³-hybridized carbons (Fsp3) is 0.179. The number of nitrogens with one attached hydrogen (secondary N) is 1. The van der Waals surface area contributed by atoms with Crippen molar-refractivity contribution in [1.29, 1.82) is 0 Å². The number of alkyl halides is 2. The average molecular weight is 603 g/mol. The second kappa shape index (κ2) is 12.5. The minimum atomic E-state index is -4.20. The Kier molecular flexibility index (Phi) is 9.07. The summed E-state index contributed by atoms with van der Waals surface area (Å²) in [5.41, 5.74) is -4.05. The van der Waals surface area contributed by atoms with Crippen molar-refractivity contribution in [3.05, 3.63) is 119 Å². The lowest BCUT2D eigenvalue weighted by atomic mass is 9.84. The van der Waals surface area contributed by atoms with E-state index in [1.165, 1.54) is 12.1 Å². The van der Waals surface area contributed by atoms with E-state index >= 15 is 8.78 Å². The number of hydrogen-bond donors (Lipinski definition) is 2. The standard InChI is InChI=1S/C28H23F5N6O2S/c1-3-19(29)12-17(2)10-11-34-26(40)24-8-7-23(42-24)18-4-9-25(35-14-18)28(32,33)27(41,15-39-16-36-37-38-39)21-6-5-20(30)13-22(21)31/h3-10,12-14,16,41H,1,11,15H2,2H3,(H,34,40)/b17-10-,19-12+. The molecule has 0 aliphatic carbocycles. The van der Waals surface area contributed by atoms with Crippen LogP contribution in [0.25, 0.3) is 10.4 Å². The van der Waals surface area contributed by atoms with Crippen LogP contribution in [0.4, 0.5) is 22.0 Å². The van der Waals surface area contributed by atoms with Crippen LogP contribution in [0.15, 0.2) is 91.2 Å². The highest BCUT2D eigenvalue weighted by Crippen LogP contribution is 2.47. The lowest BCUT2D eigenvalue weighted by molar-refractivity contribution is -0.207. The summed E-state index contributed by atoms with van der Waals surface area (Å²) in [5.74, 6) is -7.51. The fourth-order valence-corrected chi connectivity index (χ4v) is 4.86. The first-order chi connectivity index (χ1) is 19.9. The zero-order chi connectivity index (χ0) is 30.5. The molecule has 1 amide bonds. The number of aromatic nitrogens is 5. The quantitative estimate of drug-likeness (QED) is 0.174. The third-order valence-corrected chi connectivity index (χ3v) is 7.26. The molecule has 0 saturated carbocycles. The number of hydrogen-bond acceptors (Lipinski definition) is 7. The SMILES string of the molecule is C=C/C(F)=C\C(C)=C/CNC(=O)c1ccc(-c2ccc(C(F)(F)C(O)(Cn3cnnn3)c3ccc(F)cc3F)nc2)s1. The molecule has 0 bridgehead atoms. The van der Waals surface area contributed by atoms with Crippen molar-refractivity contribution in [1.82, 2.24) is 30.5 Å². The molecule has 14 heteroatoms. The molecule has 0 saturated heterocycles. The van der Waals surface area contributed by atoms with E-state index < -0.39 is 52.7 Å². The topological polar surface area (TPSA) is 106 Å². The van der Waals surface area contributed by atoms with Crippen LogP contribution in [-0.4, -0.2) is 42.7 Å². The molecule has 0 fully saturated rings. The first kappa shape index (κ1) is 30.4. The monoisotopic (exact) mass is 602 g/mol. The van der Waals surface area contributed by atoms with E-state index in [1.807, 2.05) is 0 Å². The van der Waals surface area contributed by atoms with Gasteiger partial charge in [0.25, 0.3) is 5.91 Å². The highest BCUT2D eigenvalue weighted by Gasteiger charge is 2.58. The molecule has 42 heavy (non-hydrogen) atoms. The Morgan fingerprint density at radius 2 is 1.98 bits per heavy atom. The number of carbonyl (C=O) groups is 1. The van der Waals surface area contributed by atoms with Crippen molar-refractivity contribution >= 4 is 17.2 Å². The molecule has 1 atom stereocenters. The average Bonchev–Trinajstić information content (AvgIpc) is 3.65. The maximum atomic E-state index is 15.9. The van der Waals surface area contributed by atoms with Gasteiger partial charge >= 0.3 is 5.92 Å². The zero-order valence-electron chi connectivity index (χ0n) is 21.9. The highest BCUT2D eigenvalue weighted by atomic mass is 32.1. The van der Waals surface area contributed by atoms with Gasteiger partial charge in [0.05, 0.1) is 11.4 Å². The molecule has 4 rings (SSSR count). The summed E-state index contributed by atoms with van der Waals surface area (Å²) in [7, 11) is 0. The van der Waals surface area contributed by atoms with E-state index in [4.69, 9.17) is 0 Å². The fourth-order valence-electron chi connectivity index (χ4n) is 3.95. The van der Waals surface area contributed by atoms with Gasteiger partial charge in [-0.25, -0.2) is 17.9 Å². The number of carbonyl (C=O) groups excluding carboxylic acids is 1. The summed E-state index contributed by atoms with van der Waals surface area (Å²) in [5, 5.41) is 24.1. The molecule has 1 unspecified atom stereocenters. The lowest BCUT2D eigenvalue weighted by Gasteiger charge is -2.35. The molecule has 218 valence electrons. The van der Waals surface area contributed by atoms with Gasteiger partial charge in [-0.05, 0) is 65.9 Å². The Morgan fingerprint density at radius 1 is 1.19 bits per heavy atom. The molecular weight excluding hydrogens is 579 g/mol. The van der Waals surface area contributed by atoms with Crippen LogP contribution in [0, 0.1) is 11.6 Å². The molecule has 0 aliphatic heterocycles. The van der Waals surface area contributed by atoms with Gasteiger partial charge in [0, 0.05) is 34.8 Å². The smallest absolute Gasteiger partial charge is 0.323 e. The summed E-state index contributed by atoms with van der Waals surface area (Å²) in [6, 6.07) is 7.29. The van der Waals surface area contributed by atoms with Gasteiger partial charge < -0.3 is 10.4 Å². The van der Waals surface area contributed by atoms with Crippen LogP contribution in [-0.2, 0) is 18.1 Å². The molecule has 2 N–H and O–H groups in total. The number of allylic oxidation sites excluding steroid dienone is 4. The number of amides is 1. The summed E-state index contributed by atoms with van der Waals surface area (Å²) >= 11 is 1.08. The van der Waals surface area contributed by atoms with E-state index in [0.717, 1.165) is 52.8 Å². The maximum Gasteiger partial charge on any atom is 0.323 e. The van der Waals surface area contributed by atoms with Gasteiger partial charge in [-0.3, -0.25) is 9.78 Å². The van der Waals surface area contributed by atoms with Crippen molar-refractivity contribution < 1.29 is 31.9 Å².